The lowest BCUT2D eigenvalue weighted by Crippen LogP contribution is -2.45. The number of hydrogen-bond acceptors (Lipinski definition) is 19. The first-order chi connectivity index (χ1) is 42.8. The van der Waals surface area contributed by atoms with E-state index < -0.39 is 89.7 Å². The van der Waals surface area contributed by atoms with Crippen LogP contribution in [-0.2, 0) is 33.5 Å². The molecule has 4 rings (SSSR count). The zero-order chi connectivity index (χ0) is 65.4. The molecular weight excluding hydrogens is 1150 g/mol. The Kier molecular flexibility index (Phi) is 30.8. The molecule has 28 nitrogen and oxygen atoms in total. The molecule has 0 aliphatic carbocycles. The standard InChI is InChI=1S/C61H85N13O15/c1-6-89-53(76)35-52(75)71-44(15-7-11-27-62)58(81)68-37-20-24-49(86-3)41(32-37)55(78)73-46(17-9-13-29-64)60(83)70-39-22-26-51(88-5)43(34-39)57(80)74-47(18-10-14-30-65)61(84)69-38-21-25-50(87-4)42(33-38)56(79)72-45(16-8-12-28-63)59(82)67-36-19-23-48(85-2)40(31-36)54(66)77/h19-26,31-34,44-47H,6-18,27-30,35,62-65H2,1-5H3,(H2,66,77)(H,67,82)(H,68,81)(H,69,84)(H,70,83)(H,71,75)(H,72,79)(H,73,78)(H,74,80)/t44-,45-,46-,47-/m0/s1. The lowest BCUT2D eigenvalue weighted by Gasteiger charge is -2.22. The van der Waals surface area contributed by atoms with E-state index >= 15 is 0 Å². The fraction of sp³-hybridized carbons (Fsp3) is 0.443. The normalized spacial score (nSPS) is 12.1. The Morgan fingerprint density at radius 3 is 0.921 bits per heavy atom. The van der Waals surface area contributed by atoms with E-state index in [-0.39, 0.29) is 100 Å². The number of methoxy groups -OCH3 is 4. The van der Waals surface area contributed by atoms with E-state index in [1.54, 1.807) is 6.92 Å². The maximum Gasteiger partial charge on any atom is 0.315 e. The number of nitrogens with one attached hydrogen (secondary N) is 8. The third kappa shape index (κ3) is 23.0. The Morgan fingerprint density at radius 1 is 0.393 bits per heavy atom. The van der Waals surface area contributed by atoms with E-state index in [2.05, 4.69) is 42.5 Å². The number of rotatable bonds is 39. The van der Waals surface area contributed by atoms with Crippen molar-refractivity contribution in [3.05, 3.63) is 95.1 Å². The minimum Gasteiger partial charge on any atom is -0.496 e. The number of carbonyl (C=O) groups excluding carboxylic acids is 10. The van der Waals surface area contributed by atoms with E-state index in [1.807, 2.05) is 0 Å². The molecule has 4 atom stereocenters. The van der Waals surface area contributed by atoms with E-state index in [1.165, 1.54) is 101 Å². The topological polar surface area (TPSA) is 443 Å². The second kappa shape index (κ2) is 38.0. The Bertz CT molecular complexity index is 3090. The van der Waals surface area contributed by atoms with Gasteiger partial charge in [-0.3, -0.25) is 47.9 Å². The van der Waals surface area contributed by atoms with Crippen LogP contribution < -0.4 is 90.2 Å². The van der Waals surface area contributed by atoms with Crippen molar-refractivity contribution in [2.24, 2.45) is 28.7 Å². The first-order valence-electron chi connectivity index (χ1n) is 29.2. The molecule has 484 valence electrons. The Balaban J connectivity index is 1.56. The SMILES string of the molecule is CCOC(=O)CC(=O)N[C@@H](CCCCN)C(=O)Nc1ccc(OC)c(C(=O)N[C@@H](CCCCN)C(=O)Nc2ccc(OC)c(C(=O)N[C@@H](CCCCN)C(=O)Nc3ccc(OC)c(C(=O)N[C@@H](CCCCN)C(=O)Nc4ccc(OC)c(C(N)=O)c4)c3)c2)c1. The summed E-state index contributed by atoms with van der Waals surface area (Å²) >= 11 is 0. The van der Waals surface area contributed by atoms with E-state index in [4.69, 9.17) is 52.4 Å². The number of nitrogens with two attached hydrogens (primary N) is 5. The molecule has 4 aromatic rings. The molecular formula is C61H85N13O15. The van der Waals surface area contributed by atoms with Crippen LogP contribution in [0.4, 0.5) is 22.7 Å². The highest BCUT2D eigenvalue weighted by molar-refractivity contribution is 6.08. The summed E-state index contributed by atoms with van der Waals surface area (Å²) in [5.41, 5.74) is 29.0. The second-order valence-electron chi connectivity index (χ2n) is 20.3. The molecule has 18 N–H and O–H groups in total. The molecule has 28 heteroatoms. The van der Waals surface area contributed by atoms with Gasteiger partial charge in [0.25, 0.3) is 23.6 Å². The lowest BCUT2D eigenvalue weighted by molar-refractivity contribution is -0.146. The summed E-state index contributed by atoms with van der Waals surface area (Å²) in [6.45, 7) is 2.93. The zero-order valence-corrected chi connectivity index (χ0v) is 51.0. The van der Waals surface area contributed by atoms with Crippen LogP contribution in [0.25, 0.3) is 0 Å². The predicted octanol–water partition coefficient (Wildman–Crippen LogP) is 2.92. The molecule has 0 saturated carbocycles. The van der Waals surface area contributed by atoms with Gasteiger partial charge in [-0.1, -0.05) is 0 Å². The molecule has 4 aromatic carbocycles. The fourth-order valence-corrected chi connectivity index (χ4v) is 9.13. The van der Waals surface area contributed by atoms with Gasteiger partial charge in [0.05, 0.1) is 57.3 Å². The van der Waals surface area contributed by atoms with Gasteiger partial charge in [0.2, 0.25) is 29.5 Å². The van der Waals surface area contributed by atoms with Crippen LogP contribution in [0.3, 0.4) is 0 Å². The van der Waals surface area contributed by atoms with Crippen LogP contribution in [0.15, 0.2) is 72.8 Å². The third-order valence-electron chi connectivity index (χ3n) is 13.8. The average Bonchev–Trinajstić information content (AvgIpc) is 3.23. The molecule has 89 heavy (non-hydrogen) atoms. The first-order valence-corrected chi connectivity index (χ1v) is 29.2. The highest BCUT2D eigenvalue weighted by Crippen LogP contribution is 2.28. The number of primary amides is 1. The number of hydrogen-bond donors (Lipinski definition) is 13. The molecule has 0 aliphatic heterocycles. The maximum atomic E-state index is 14.3. The average molecular weight is 1240 g/mol. The summed E-state index contributed by atoms with van der Waals surface area (Å²) < 4.78 is 26.6. The molecule has 0 aromatic heterocycles. The van der Waals surface area contributed by atoms with Gasteiger partial charge in [0, 0.05) is 22.7 Å². The van der Waals surface area contributed by atoms with Crippen molar-refractivity contribution >= 4 is 81.9 Å². The summed E-state index contributed by atoms with van der Waals surface area (Å²) in [6.07, 6.45) is 3.85. The van der Waals surface area contributed by atoms with E-state index in [9.17, 15) is 47.9 Å². The quantitative estimate of drug-likeness (QED) is 0.0173. The maximum absolute atomic E-state index is 14.3. The Labute approximate surface area is 516 Å². The van der Waals surface area contributed by atoms with Crippen molar-refractivity contribution in [2.75, 3.05) is 82.5 Å². The van der Waals surface area contributed by atoms with Gasteiger partial charge in [-0.25, -0.2) is 0 Å². The number of ether oxygens (including phenoxy) is 5. The summed E-state index contributed by atoms with van der Waals surface area (Å²) in [4.78, 5) is 135. The number of anilines is 4. The summed E-state index contributed by atoms with van der Waals surface area (Å²) in [5, 5.41) is 21.8. The van der Waals surface area contributed by atoms with Crippen molar-refractivity contribution in [1.82, 2.24) is 21.3 Å². The lowest BCUT2D eigenvalue weighted by atomic mass is 10.1. The minimum atomic E-state index is -1.20. The van der Waals surface area contributed by atoms with Crippen LogP contribution in [0.1, 0.15) is 132 Å². The molecule has 0 saturated heterocycles. The van der Waals surface area contributed by atoms with Crippen molar-refractivity contribution in [1.29, 1.82) is 0 Å². The van der Waals surface area contributed by atoms with Crippen LogP contribution in [-0.4, -0.2) is 145 Å². The summed E-state index contributed by atoms with van der Waals surface area (Å²) in [7, 11) is 5.37. The second-order valence-corrected chi connectivity index (χ2v) is 20.3. The summed E-state index contributed by atoms with van der Waals surface area (Å²) in [6, 6.07) is 12.5. The number of unbranched alkanes of at least 4 members (excludes halogenated alkanes) is 4. The van der Waals surface area contributed by atoms with Crippen molar-refractivity contribution in [2.45, 2.75) is 115 Å². The van der Waals surface area contributed by atoms with Gasteiger partial charge in [-0.15, -0.1) is 0 Å². The van der Waals surface area contributed by atoms with E-state index in [0.29, 0.717) is 77.5 Å². The van der Waals surface area contributed by atoms with Gasteiger partial charge in [0.15, 0.2) is 0 Å². The van der Waals surface area contributed by atoms with Crippen LogP contribution >= 0.6 is 0 Å². The first kappa shape index (κ1) is 72.1. The van der Waals surface area contributed by atoms with Gasteiger partial charge >= 0.3 is 5.97 Å². The van der Waals surface area contributed by atoms with Gasteiger partial charge in [-0.2, -0.15) is 0 Å². The minimum absolute atomic E-state index is 0.0253. The molecule has 9 amide bonds. The molecule has 0 aliphatic rings. The molecule has 0 spiro atoms. The molecule has 0 radical (unpaired) electrons. The Hall–Kier alpha value is -9.38. The highest BCUT2D eigenvalue weighted by atomic mass is 16.5. The van der Waals surface area contributed by atoms with E-state index in [0.717, 1.165) is 0 Å². The fourth-order valence-electron chi connectivity index (χ4n) is 9.13. The third-order valence-corrected chi connectivity index (χ3v) is 13.8. The molecule has 0 fully saturated rings. The van der Waals surface area contributed by atoms with Crippen molar-refractivity contribution < 1.29 is 71.6 Å². The smallest absolute Gasteiger partial charge is 0.315 e. The monoisotopic (exact) mass is 1240 g/mol. The number of amides is 9. The van der Waals surface area contributed by atoms with Crippen molar-refractivity contribution in [3.63, 3.8) is 0 Å². The van der Waals surface area contributed by atoms with Crippen molar-refractivity contribution in [3.8, 4) is 23.0 Å². The highest BCUT2D eigenvalue weighted by Gasteiger charge is 2.30. The van der Waals surface area contributed by atoms with Gasteiger partial charge < -0.3 is 94.9 Å². The molecule has 0 heterocycles. The predicted molar refractivity (Wildman–Crippen MR) is 334 cm³/mol. The molecule has 0 unspecified atom stereocenters. The Morgan fingerprint density at radius 2 is 0.663 bits per heavy atom. The zero-order valence-electron chi connectivity index (χ0n) is 51.0. The number of carbonyl (C=O) groups is 10. The van der Waals surface area contributed by atoms with Crippen LogP contribution in [0, 0.1) is 0 Å². The number of benzene rings is 4. The van der Waals surface area contributed by atoms with Gasteiger partial charge in [0.1, 0.15) is 53.6 Å². The van der Waals surface area contributed by atoms with Crippen LogP contribution in [0.5, 0.6) is 23.0 Å². The number of esters is 1. The largest absolute Gasteiger partial charge is 0.496 e. The molecule has 0 bridgehead atoms. The van der Waals surface area contributed by atoms with Gasteiger partial charge in [-0.05, 0) is 183 Å². The van der Waals surface area contributed by atoms with Crippen LogP contribution in [0.2, 0.25) is 0 Å². The summed E-state index contributed by atoms with van der Waals surface area (Å²) in [5.74, 6) is -6.66.